The minimum absolute atomic E-state index is 0.401. The molecule has 1 unspecified atom stereocenters. The molecule has 0 radical (unpaired) electrons. The average Bonchev–Trinajstić information content (AvgIpc) is 2.70. The number of rotatable bonds is 7. The maximum Gasteiger partial charge on any atom is 0.320 e. The number of unbranched alkanes of at least 4 members (excludes halogenated alkanes) is 1. The summed E-state index contributed by atoms with van der Waals surface area (Å²) in [4.78, 5) is 17.1. The SMILES string of the molecule is CCCCC(C(=O)O)N(C)Cc1cscn1. The van der Waals surface area contributed by atoms with Crippen LogP contribution in [0, 0.1) is 0 Å². The zero-order chi connectivity index (χ0) is 12.0. The topological polar surface area (TPSA) is 53.4 Å². The second kappa shape index (κ2) is 6.60. The van der Waals surface area contributed by atoms with E-state index in [4.69, 9.17) is 5.11 Å². The fourth-order valence-electron chi connectivity index (χ4n) is 1.61. The number of hydrogen-bond acceptors (Lipinski definition) is 4. The molecule has 1 rings (SSSR count). The van der Waals surface area contributed by atoms with Crippen molar-refractivity contribution in [2.75, 3.05) is 7.05 Å². The minimum atomic E-state index is -0.744. The van der Waals surface area contributed by atoms with Crippen molar-refractivity contribution < 1.29 is 9.90 Å². The Morgan fingerprint density at radius 3 is 2.94 bits per heavy atom. The van der Waals surface area contributed by atoms with E-state index < -0.39 is 12.0 Å². The van der Waals surface area contributed by atoms with Gasteiger partial charge in [-0.1, -0.05) is 19.8 Å². The van der Waals surface area contributed by atoms with Crippen LogP contribution < -0.4 is 0 Å². The van der Waals surface area contributed by atoms with E-state index in [2.05, 4.69) is 11.9 Å². The Labute approximate surface area is 99.9 Å². The molecule has 0 aromatic carbocycles. The normalized spacial score (nSPS) is 12.9. The molecule has 1 aromatic heterocycles. The molecule has 0 aliphatic carbocycles. The first-order valence-electron chi connectivity index (χ1n) is 5.45. The van der Waals surface area contributed by atoms with Crippen molar-refractivity contribution in [3.05, 3.63) is 16.6 Å². The molecule has 1 atom stereocenters. The summed E-state index contributed by atoms with van der Waals surface area (Å²) in [5.74, 6) is -0.744. The number of aliphatic carboxylic acids is 1. The highest BCUT2D eigenvalue weighted by Gasteiger charge is 2.22. The molecule has 4 nitrogen and oxygen atoms in total. The van der Waals surface area contributed by atoms with Gasteiger partial charge >= 0.3 is 5.97 Å². The molecule has 0 fully saturated rings. The van der Waals surface area contributed by atoms with E-state index in [-0.39, 0.29) is 0 Å². The van der Waals surface area contributed by atoms with Gasteiger partial charge < -0.3 is 5.11 Å². The van der Waals surface area contributed by atoms with Gasteiger partial charge in [0.1, 0.15) is 6.04 Å². The zero-order valence-electron chi connectivity index (χ0n) is 9.72. The van der Waals surface area contributed by atoms with Gasteiger partial charge in [0.25, 0.3) is 0 Å². The summed E-state index contributed by atoms with van der Waals surface area (Å²) in [6.07, 6.45) is 2.67. The highest BCUT2D eigenvalue weighted by atomic mass is 32.1. The van der Waals surface area contributed by atoms with E-state index in [0.717, 1.165) is 18.5 Å². The number of carboxylic acid groups (broad SMARTS) is 1. The van der Waals surface area contributed by atoms with Crippen LogP contribution in [0.1, 0.15) is 31.9 Å². The molecule has 0 spiro atoms. The number of likely N-dealkylation sites (N-methyl/N-ethyl adjacent to an activating group) is 1. The minimum Gasteiger partial charge on any atom is -0.480 e. The smallest absolute Gasteiger partial charge is 0.320 e. The van der Waals surface area contributed by atoms with Crippen molar-refractivity contribution in [1.82, 2.24) is 9.88 Å². The van der Waals surface area contributed by atoms with Gasteiger partial charge in [0.05, 0.1) is 11.2 Å². The first-order valence-corrected chi connectivity index (χ1v) is 6.39. The Morgan fingerprint density at radius 1 is 1.69 bits per heavy atom. The molecule has 5 heteroatoms. The monoisotopic (exact) mass is 242 g/mol. The fourth-order valence-corrected chi connectivity index (χ4v) is 2.16. The zero-order valence-corrected chi connectivity index (χ0v) is 10.5. The summed E-state index contributed by atoms with van der Waals surface area (Å²) in [5, 5.41) is 11.1. The van der Waals surface area contributed by atoms with Crippen LogP contribution in [0.25, 0.3) is 0 Å². The first-order chi connectivity index (χ1) is 7.65. The molecule has 0 aliphatic rings. The molecule has 0 saturated carbocycles. The van der Waals surface area contributed by atoms with Crippen LogP contribution >= 0.6 is 11.3 Å². The lowest BCUT2D eigenvalue weighted by Crippen LogP contribution is -2.38. The van der Waals surface area contributed by atoms with Crippen LogP contribution in [-0.4, -0.2) is 34.0 Å². The van der Waals surface area contributed by atoms with Gasteiger partial charge in [-0.15, -0.1) is 11.3 Å². The van der Waals surface area contributed by atoms with Crippen LogP contribution in [-0.2, 0) is 11.3 Å². The third-order valence-electron chi connectivity index (χ3n) is 2.54. The van der Waals surface area contributed by atoms with Gasteiger partial charge in [0.15, 0.2) is 0 Å². The molecule has 0 amide bonds. The first kappa shape index (κ1) is 13.1. The van der Waals surface area contributed by atoms with Crippen molar-refractivity contribution in [2.24, 2.45) is 0 Å². The van der Waals surface area contributed by atoms with E-state index in [1.165, 1.54) is 11.3 Å². The Bertz CT molecular complexity index is 314. The molecule has 0 bridgehead atoms. The van der Waals surface area contributed by atoms with Crippen molar-refractivity contribution in [3.8, 4) is 0 Å². The van der Waals surface area contributed by atoms with Crippen molar-refractivity contribution in [1.29, 1.82) is 0 Å². The molecule has 16 heavy (non-hydrogen) atoms. The molecule has 1 aromatic rings. The summed E-state index contributed by atoms with van der Waals surface area (Å²) in [6, 6.07) is -0.401. The maximum absolute atomic E-state index is 11.1. The van der Waals surface area contributed by atoms with Crippen LogP contribution in [0.5, 0.6) is 0 Å². The highest BCUT2D eigenvalue weighted by molar-refractivity contribution is 7.07. The number of hydrogen-bond donors (Lipinski definition) is 1. The lowest BCUT2D eigenvalue weighted by atomic mass is 10.1. The average molecular weight is 242 g/mol. The summed E-state index contributed by atoms with van der Waals surface area (Å²) < 4.78 is 0. The molecular weight excluding hydrogens is 224 g/mol. The lowest BCUT2D eigenvalue weighted by Gasteiger charge is -2.23. The van der Waals surface area contributed by atoms with E-state index in [9.17, 15) is 4.79 Å². The van der Waals surface area contributed by atoms with Crippen LogP contribution in [0.4, 0.5) is 0 Å². The Morgan fingerprint density at radius 2 is 2.44 bits per heavy atom. The predicted octanol–water partition coefficient (Wildman–Crippen LogP) is 2.22. The molecule has 1 N–H and O–H groups in total. The molecule has 0 aliphatic heterocycles. The van der Waals surface area contributed by atoms with Gasteiger partial charge in [-0.05, 0) is 13.5 Å². The second-order valence-electron chi connectivity index (χ2n) is 3.89. The van der Waals surface area contributed by atoms with Crippen molar-refractivity contribution in [3.63, 3.8) is 0 Å². The molecule has 90 valence electrons. The van der Waals surface area contributed by atoms with Gasteiger partial charge in [-0.25, -0.2) is 4.98 Å². The number of carbonyl (C=O) groups is 1. The molecular formula is C11H18N2O2S. The Kier molecular flexibility index (Phi) is 5.42. The summed E-state index contributed by atoms with van der Waals surface area (Å²) in [6.45, 7) is 2.67. The number of aromatic nitrogens is 1. The lowest BCUT2D eigenvalue weighted by molar-refractivity contribution is -0.143. The largest absolute Gasteiger partial charge is 0.480 e. The maximum atomic E-state index is 11.1. The fraction of sp³-hybridized carbons (Fsp3) is 0.636. The van der Waals surface area contributed by atoms with Gasteiger partial charge in [-0.2, -0.15) is 0 Å². The van der Waals surface area contributed by atoms with E-state index in [1.807, 2.05) is 17.3 Å². The number of nitrogens with zero attached hydrogens (tertiary/aromatic N) is 2. The van der Waals surface area contributed by atoms with E-state index in [1.54, 1.807) is 5.51 Å². The van der Waals surface area contributed by atoms with E-state index >= 15 is 0 Å². The summed E-state index contributed by atoms with van der Waals surface area (Å²) in [7, 11) is 1.84. The predicted molar refractivity (Wildman–Crippen MR) is 64.5 cm³/mol. The molecule has 0 saturated heterocycles. The summed E-state index contributed by atoms with van der Waals surface area (Å²) >= 11 is 1.53. The van der Waals surface area contributed by atoms with Crippen LogP contribution in [0.15, 0.2) is 10.9 Å². The van der Waals surface area contributed by atoms with Gasteiger partial charge in [-0.3, -0.25) is 9.69 Å². The number of carboxylic acids is 1. The third kappa shape index (κ3) is 3.90. The van der Waals surface area contributed by atoms with Crippen molar-refractivity contribution >= 4 is 17.3 Å². The summed E-state index contributed by atoms with van der Waals surface area (Å²) in [5.41, 5.74) is 2.71. The quantitative estimate of drug-likeness (QED) is 0.796. The number of thiazole rings is 1. The van der Waals surface area contributed by atoms with Gasteiger partial charge in [0, 0.05) is 11.9 Å². The van der Waals surface area contributed by atoms with Crippen molar-refractivity contribution in [2.45, 2.75) is 38.8 Å². The second-order valence-corrected chi connectivity index (χ2v) is 4.61. The van der Waals surface area contributed by atoms with E-state index in [0.29, 0.717) is 13.0 Å². The Balaban J connectivity index is 2.53. The van der Waals surface area contributed by atoms with Crippen LogP contribution in [0.3, 0.4) is 0 Å². The van der Waals surface area contributed by atoms with Gasteiger partial charge in [0.2, 0.25) is 0 Å². The van der Waals surface area contributed by atoms with Crippen LogP contribution in [0.2, 0.25) is 0 Å². The standard InChI is InChI=1S/C11H18N2O2S/c1-3-4-5-10(11(14)15)13(2)6-9-7-16-8-12-9/h7-8,10H,3-6H2,1-2H3,(H,14,15). The highest BCUT2D eigenvalue weighted by Crippen LogP contribution is 2.12. The Hall–Kier alpha value is -0.940. The third-order valence-corrected chi connectivity index (χ3v) is 3.18. The molecule has 1 heterocycles.